The maximum atomic E-state index is 12.1. The number of carboxylic acid groups (broad SMARTS) is 2. The monoisotopic (exact) mass is 277 g/mol. The molecule has 2 unspecified atom stereocenters. The van der Waals surface area contributed by atoms with E-state index in [2.05, 4.69) is 5.32 Å². The molecule has 0 bridgehead atoms. The number of amides is 1. The van der Waals surface area contributed by atoms with E-state index in [0.717, 1.165) is 0 Å². The average Bonchev–Trinajstić information content (AvgIpc) is 2.93. The van der Waals surface area contributed by atoms with Crippen molar-refractivity contribution in [1.82, 2.24) is 0 Å². The van der Waals surface area contributed by atoms with E-state index < -0.39 is 35.1 Å². The molecule has 6 nitrogen and oxygen atoms in total. The van der Waals surface area contributed by atoms with Crippen molar-refractivity contribution in [2.45, 2.75) is 13.8 Å². The van der Waals surface area contributed by atoms with Crippen molar-refractivity contribution in [3.63, 3.8) is 0 Å². The molecule has 20 heavy (non-hydrogen) atoms. The van der Waals surface area contributed by atoms with E-state index in [1.165, 1.54) is 18.2 Å². The van der Waals surface area contributed by atoms with Crippen molar-refractivity contribution >= 4 is 23.5 Å². The fourth-order valence-corrected chi connectivity index (χ4v) is 2.54. The molecule has 0 heterocycles. The van der Waals surface area contributed by atoms with Gasteiger partial charge in [0.1, 0.15) is 0 Å². The summed E-state index contributed by atoms with van der Waals surface area (Å²) in [5, 5.41) is 20.5. The molecule has 3 N–H and O–H groups in total. The third kappa shape index (κ3) is 2.36. The Bertz CT molecular complexity index is 593. The third-order valence-corrected chi connectivity index (χ3v) is 3.75. The molecule has 6 heteroatoms. The molecular weight excluding hydrogens is 262 g/mol. The van der Waals surface area contributed by atoms with Gasteiger partial charge in [0.2, 0.25) is 5.91 Å². The number of anilines is 1. The number of rotatable bonds is 4. The van der Waals surface area contributed by atoms with Crippen LogP contribution in [0.15, 0.2) is 24.3 Å². The number of hydrogen-bond donors (Lipinski definition) is 3. The minimum absolute atomic E-state index is 0.0626. The summed E-state index contributed by atoms with van der Waals surface area (Å²) < 4.78 is 0. The Morgan fingerprint density at radius 3 is 2.30 bits per heavy atom. The Balaban J connectivity index is 2.12. The van der Waals surface area contributed by atoms with Crippen LogP contribution >= 0.6 is 0 Å². The average molecular weight is 277 g/mol. The Kier molecular flexibility index (Phi) is 3.25. The molecule has 1 aliphatic rings. The van der Waals surface area contributed by atoms with Gasteiger partial charge >= 0.3 is 11.9 Å². The first kappa shape index (κ1) is 14.0. The summed E-state index contributed by atoms with van der Waals surface area (Å²) in [4.78, 5) is 33.9. The van der Waals surface area contributed by atoms with E-state index in [9.17, 15) is 14.4 Å². The van der Waals surface area contributed by atoms with Crippen LogP contribution in [0.1, 0.15) is 24.2 Å². The zero-order valence-corrected chi connectivity index (χ0v) is 11.1. The Hall–Kier alpha value is -2.37. The normalized spacial score (nSPS) is 22.9. The lowest BCUT2D eigenvalue weighted by Crippen LogP contribution is -2.18. The molecule has 1 amide bonds. The van der Waals surface area contributed by atoms with Gasteiger partial charge in [0.15, 0.2) is 0 Å². The van der Waals surface area contributed by atoms with Gasteiger partial charge in [-0.25, -0.2) is 4.79 Å². The highest BCUT2D eigenvalue weighted by atomic mass is 16.4. The molecule has 0 saturated heterocycles. The smallest absolute Gasteiger partial charge is 0.335 e. The lowest BCUT2D eigenvalue weighted by Gasteiger charge is -2.06. The molecule has 2 atom stereocenters. The molecule has 106 valence electrons. The molecule has 0 aliphatic heterocycles. The second-order valence-electron chi connectivity index (χ2n) is 5.49. The van der Waals surface area contributed by atoms with Gasteiger partial charge in [0, 0.05) is 5.69 Å². The summed E-state index contributed by atoms with van der Waals surface area (Å²) >= 11 is 0. The lowest BCUT2D eigenvalue weighted by molar-refractivity contribution is -0.140. The minimum atomic E-state index is -1.09. The fraction of sp³-hybridized carbons (Fsp3) is 0.357. The van der Waals surface area contributed by atoms with Crippen LogP contribution in [0.2, 0.25) is 0 Å². The third-order valence-electron chi connectivity index (χ3n) is 3.75. The van der Waals surface area contributed by atoms with Crippen LogP contribution in [-0.4, -0.2) is 28.1 Å². The molecule has 2 rings (SSSR count). The highest BCUT2D eigenvalue weighted by molar-refractivity contribution is 6.00. The highest BCUT2D eigenvalue weighted by Crippen LogP contribution is 2.58. The van der Waals surface area contributed by atoms with E-state index in [0.29, 0.717) is 5.69 Å². The van der Waals surface area contributed by atoms with Crippen LogP contribution in [0, 0.1) is 17.3 Å². The zero-order chi connectivity index (χ0) is 15.1. The predicted octanol–water partition coefficient (Wildman–Crippen LogP) is 1.68. The van der Waals surface area contributed by atoms with E-state index >= 15 is 0 Å². The molecule has 1 fully saturated rings. The van der Waals surface area contributed by atoms with Crippen LogP contribution in [0.3, 0.4) is 0 Å². The molecule has 0 aromatic heterocycles. The van der Waals surface area contributed by atoms with Crippen molar-refractivity contribution in [2.75, 3.05) is 5.32 Å². The second-order valence-corrected chi connectivity index (χ2v) is 5.49. The van der Waals surface area contributed by atoms with Crippen molar-refractivity contribution in [1.29, 1.82) is 0 Å². The quantitative estimate of drug-likeness (QED) is 0.776. The van der Waals surface area contributed by atoms with E-state index in [-0.39, 0.29) is 5.56 Å². The fourth-order valence-electron chi connectivity index (χ4n) is 2.54. The van der Waals surface area contributed by atoms with E-state index in [4.69, 9.17) is 10.2 Å². The van der Waals surface area contributed by atoms with Crippen LogP contribution < -0.4 is 5.32 Å². The first-order chi connectivity index (χ1) is 9.25. The van der Waals surface area contributed by atoms with Crippen LogP contribution in [0.25, 0.3) is 0 Å². The van der Waals surface area contributed by atoms with Crippen molar-refractivity contribution in [3.05, 3.63) is 29.8 Å². The van der Waals surface area contributed by atoms with Crippen LogP contribution in [0.4, 0.5) is 5.69 Å². The van der Waals surface area contributed by atoms with Gasteiger partial charge < -0.3 is 15.5 Å². The molecular formula is C14H15NO5. The second kappa shape index (κ2) is 4.63. The predicted molar refractivity (Wildman–Crippen MR) is 70.4 cm³/mol. The number of carboxylic acids is 2. The number of hydrogen-bond acceptors (Lipinski definition) is 3. The molecule has 1 aromatic carbocycles. The van der Waals surface area contributed by atoms with Crippen molar-refractivity contribution in [2.24, 2.45) is 17.3 Å². The number of aromatic carboxylic acids is 1. The molecule has 1 saturated carbocycles. The van der Waals surface area contributed by atoms with Gasteiger partial charge in [-0.3, -0.25) is 9.59 Å². The van der Waals surface area contributed by atoms with Crippen LogP contribution in [-0.2, 0) is 9.59 Å². The molecule has 0 spiro atoms. The summed E-state index contributed by atoms with van der Waals surface area (Å²) in [7, 11) is 0. The summed E-state index contributed by atoms with van der Waals surface area (Å²) in [6.45, 7) is 3.45. The highest BCUT2D eigenvalue weighted by Gasteiger charge is 2.65. The number of benzene rings is 1. The number of carbonyl (C=O) groups excluding carboxylic acids is 1. The first-order valence-electron chi connectivity index (χ1n) is 6.12. The van der Waals surface area contributed by atoms with Crippen molar-refractivity contribution in [3.8, 4) is 0 Å². The molecule has 0 radical (unpaired) electrons. The SMILES string of the molecule is CC1(C)C(C(=O)O)C1C(=O)Nc1cccc(C(=O)O)c1. The Morgan fingerprint density at radius 2 is 1.80 bits per heavy atom. The summed E-state index contributed by atoms with van der Waals surface area (Å²) in [6, 6.07) is 5.84. The number of carbonyl (C=O) groups is 3. The lowest BCUT2D eigenvalue weighted by atomic mass is 10.1. The van der Waals surface area contributed by atoms with Crippen molar-refractivity contribution < 1.29 is 24.6 Å². The minimum Gasteiger partial charge on any atom is -0.481 e. The van der Waals surface area contributed by atoms with Gasteiger partial charge in [-0.2, -0.15) is 0 Å². The summed E-state index contributed by atoms with van der Waals surface area (Å²) in [6.07, 6.45) is 0. The van der Waals surface area contributed by atoms with Gasteiger partial charge in [-0.15, -0.1) is 0 Å². The molecule has 1 aromatic rings. The van der Waals surface area contributed by atoms with Gasteiger partial charge in [0.05, 0.1) is 17.4 Å². The largest absolute Gasteiger partial charge is 0.481 e. The first-order valence-corrected chi connectivity index (χ1v) is 6.12. The standard InChI is InChI=1S/C14H15NO5/c1-14(2)9(10(14)13(19)20)11(16)15-8-5-3-4-7(6-8)12(17)18/h3-6,9-10H,1-2H3,(H,15,16)(H,17,18)(H,19,20). The van der Waals surface area contributed by atoms with E-state index in [1.54, 1.807) is 19.9 Å². The van der Waals surface area contributed by atoms with Gasteiger partial charge in [-0.05, 0) is 23.6 Å². The van der Waals surface area contributed by atoms with Crippen LogP contribution in [0.5, 0.6) is 0 Å². The van der Waals surface area contributed by atoms with Gasteiger partial charge in [-0.1, -0.05) is 19.9 Å². The molecule has 1 aliphatic carbocycles. The van der Waals surface area contributed by atoms with Gasteiger partial charge in [0.25, 0.3) is 0 Å². The number of nitrogens with one attached hydrogen (secondary N) is 1. The summed E-state index contributed by atoms with van der Waals surface area (Å²) in [5.74, 6) is -3.78. The number of aliphatic carboxylic acids is 1. The summed E-state index contributed by atoms with van der Waals surface area (Å²) in [5.41, 5.74) is -0.172. The maximum Gasteiger partial charge on any atom is 0.335 e. The topological polar surface area (TPSA) is 104 Å². The Morgan fingerprint density at radius 1 is 1.15 bits per heavy atom. The zero-order valence-electron chi connectivity index (χ0n) is 11.1. The maximum absolute atomic E-state index is 12.1. The van der Waals surface area contributed by atoms with E-state index in [1.807, 2.05) is 0 Å². The Labute approximate surface area is 115 Å².